The number of hydrogen-bond donors (Lipinski definition) is 0. The number of nitrogens with zero attached hydrogens (tertiary/aromatic N) is 2. The Morgan fingerprint density at radius 2 is 2.22 bits per heavy atom. The van der Waals surface area contributed by atoms with Crippen LogP contribution in [-0.4, -0.2) is 42.0 Å². The summed E-state index contributed by atoms with van der Waals surface area (Å²) >= 11 is 0. The van der Waals surface area contributed by atoms with Gasteiger partial charge in [0.05, 0.1) is 6.61 Å². The van der Waals surface area contributed by atoms with Crippen LogP contribution in [0.5, 0.6) is 0 Å². The molecule has 0 aliphatic carbocycles. The highest BCUT2D eigenvalue weighted by molar-refractivity contribution is 5.80. The van der Waals surface area contributed by atoms with Crippen LogP contribution in [0.2, 0.25) is 0 Å². The Kier molecular flexibility index (Phi) is 5.84. The first-order valence-electron chi connectivity index (χ1n) is 5.86. The van der Waals surface area contributed by atoms with Gasteiger partial charge in [0.2, 0.25) is 5.91 Å². The molecule has 0 fully saturated rings. The predicted octanol–water partition coefficient (Wildman–Crippen LogP) is 1.04. The first-order chi connectivity index (χ1) is 8.59. The average Bonchev–Trinajstić information content (AvgIpc) is 2.35. The highest BCUT2D eigenvalue weighted by atomic mass is 16.5. The molecular weight excluding hydrogens is 232 g/mol. The fourth-order valence-electron chi connectivity index (χ4n) is 1.36. The first kappa shape index (κ1) is 14.2. The Balaban J connectivity index is 2.14. The lowest BCUT2D eigenvalue weighted by Gasteiger charge is -2.13. The molecule has 1 rings (SSSR count). The SMILES string of the molecule is CC(=O)N(C)CC(=O)OCCCc1cccnc1. The highest BCUT2D eigenvalue weighted by Crippen LogP contribution is 2.00. The van der Waals surface area contributed by atoms with Crippen molar-refractivity contribution in [2.75, 3.05) is 20.2 Å². The van der Waals surface area contributed by atoms with Crippen molar-refractivity contribution in [3.05, 3.63) is 30.1 Å². The second kappa shape index (κ2) is 7.42. The summed E-state index contributed by atoms with van der Waals surface area (Å²) in [5, 5.41) is 0. The number of esters is 1. The zero-order chi connectivity index (χ0) is 13.4. The lowest BCUT2D eigenvalue weighted by atomic mass is 10.2. The van der Waals surface area contributed by atoms with Crippen LogP contribution in [0.3, 0.4) is 0 Å². The van der Waals surface area contributed by atoms with Gasteiger partial charge in [0.15, 0.2) is 0 Å². The molecule has 0 spiro atoms. The third kappa shape index (κ3) is 5.43. The second-order valence-corrected chi connectivity index (χ2v) is 4.06. The maximum absolute atomic E-state index is 11.3. The van der Waals surface area contributed by atoms with E-state index < -0.39 is 0 Å². The number of ether oxygens (including phenoxy) is 1. The maximum Gasteiger partial charge on any atom is 0.325 e. The molecule has 0 atom stereocenters. The van der Waals surface area contributed by atoms with Gasteiger partial charge in [-0.25, -0.2) is 0 Å². The van der Waals surface area contributed by atoms with Crippen molar-refractivity contribution in [1.82, 2.24) is 9.88 Å². The molecule has 0 saturated carbocycles. The van der Waals surface area contributed by atoms with E-state index in [0.29, 0.717) is 6.61 Å². The third-order valence-corrected chi connectivity index (χ3v) is 2.50. The van der Waals surface area contributed by atoms with Gasteiger partial charge < -0.3 is 9.64 Å². The quantitative estimate of drug-likeness (QED) is 0.559. The molecule has 0 radical (unpaired) electrons. The van der Waals surface area contributed by atoms with Crippen LogP contribution < -0.4 is 0 Å². The summed E-state index contributed by atoms with van der Waals surface area (Å²) in [4.78, 5) is 27.6. The summed E-state index contributed by atoms with van der Waals surface area (Å²) in [5.74, 6) is -0.527. The van der Waals surface area contributed by atoms with Crippen LogP contribution in [0.1, 0.15) is 18.9 Å². The van der Waals surface area contributed by atoms with Crippen molar-refractivity contribution < 1.29 is 14.3 Å². The average molecular weight is 250 g/mol. The molecule has 0 unspecified atom stereocenters. The number of rotatable bonds is 6. The number of amides is 1. The molecule has 98 valence electrons. The lowest BCUT2D eigenvalue weighted by molar-refractivity contribution is -0.148. The molecule has 1 amide bonds. The first-order valence-corrected chi connectivity index (χ1v) is 5.86. The van der Waals surface area contributed by atoms with Gasteiger partial charge in [-0.1, -0.05) is 6.07 Å². The minimum Gasteiger partial charge on any atom is -0.464 e. The molecule has 0 aliphatic rings. The monoisotopic (exact) mass is 250 g/mol. The van der Waals surface area contributed by atoms with Crippen molar-refractivity contribution in [1.29, 1.82) is 0 Å². The van der Waals surface area contributed by atoms with Crippen molar-refractivity contribution in [3.8, 4) is 0 Å². The minimum absolute atomic E-state index is 0.00221. The van der Waals surface area contributed by atoms with E-state index in [9.17, 15) is 9.59 Å². The Morgan fingerprint density at radius 1 is 1.44 bits per heavy atom. The summed E-state index contributed by atoms with van der Waals surface area (Å²) < 4.78 is 5.03. The number of aryl methyl sites for hydroxylation is 1. The van der Waals surface area contributed by atoms with E-state index >= 15 is 0 Å². The van der Waals surface area contributed by atoms with Gasteiger partial charge in [-0.05, 0) is 24.5 Å². The van der Waals surface area contributed by atoms with E-state index in [4.69, 9.17) is 4.74 Å². The number of carbonyl (C=O) groups excluding carboxylic acids is 2. The normalized spacial score (nSPS) is 9.89. The van der Waals surface area contributed by atoms with Gasteiger partial charge in [-0.3, -0.25) is 14.6 Å². The van der Waals surface area contributed by atoms with E-state index in [1.807, 2.05) is 12.1 Å². The van der Waals surface area contributed by atoms with Crippen molar-refractivity contribution in [2.45, 2.75) is 19.8 Å². The molecule has 5 nitrogen and oxygen atoms in total. The lowest BCUT2D eigenvalue weighted by Crippen LogP contribution is -2.31. The Bertz CT molecular complexity index is 392. The van der Waals surface area contributed by atoms with Gasteiger partial charge in [-0.15, -0.1) is 0 Å². The summed E-state index contributed by atoms with van der Waals surface area (Å²) in [6.45, 7) is 1.78. The topological polar surface area (TPSA) is 59.5 Å². The van der Waals surface area contributed by atoms with Crippen LogP contribution in [0, 0.1) is 0 Å². The largest absolute Gasteiger partial charge is 0.464 e. The number of carbonyl (C=O) groups is 2. The number of aromatic nitrogens is 1. The minimum atomic E-state index is -0.376. The predicted molar refractivity (Wildman–Crippen MR) is 66.8 cm³/mol. The van der Waals surface area contributed by atoms with Gasteiger partial charge in [0.1, 0.15) is 6.54 Å². The Morgan fingerprint density at radius 3 is 2.83 bits per heavy atom. The van der Waals surface area contributed by atoms with Crippen LogP contribution >= 0.6 is 0 Å². The van der Waals surface area contributed by atoms with E-state index in [1.54, 1.807) is 19.4 Å². The van der Waals surface area contributed by atoms with Crippen molar-refractivity contribution in [3.63, 3.8) is 0 Å². The third-order valence-electron chi connectivity index (χ3n) is 2.50. The van der Waals surface area contributed by atoms with E-state index in [0.717, 1.165) is 18.4 Å². The number of hydrogen-bond acceptors (Lipinski definition) is 4. The summed E-state index contributed by atoms with van der Waals surface area (Å²) in [5.41, 5.74) is 1.12. The molecule has 0 saturated heterocycles. The van der Waals surface area contributed by atoms with Crippen LogP contribution in [0.4, 0.5) is 0 Å². The molecule has 1 aromatic rings. The smallest absolute Gasteiger partial charge is 0.325 e. The molecule has 0 aromatic carbocycles. The van der Waals surface area contributed by atoms with Gasteiger partial charge in [-0.2, -0.15) is 0 Å². The standard InChI is InChI=1S/C13H18N2O3/c1-11(16)15(2)10-13(17)18-8-4-6-12-5-3-7-14-9-12/h3,5,7,9H,4,6,8,10H2,1-2H3. The van der Waals surface area contributed by atoms with Gasteiger partial charge in [0, 0.05) is 26.4 Å². The molecule has 18 heavy (non-hydrogen) atoms. The van der Waals surface area contributed by atoms with Crippen LogP contribution in [0.25, 0.3) is 0 Å². The van der Waals surface area contributed by atoms with Crippen molar-refractivity contribution in [2.24, 2.45) is 0 Å². The molecular formula is C13H18N2O3. The molecule has 0 bridgehead atoms. The van der Waals surface area contributed by atoms with Gasteiger partial charge in [0.25, 0.3) is 0 Å². The summed E-state index contributed by atoms with van der Waals surface area (Å²) in [7, 11) is 1.57. The van der Waals surface area contributed by atoms with E-state index in [2.05, 4.69) is 4.98 Å². The maximum atomic E-state index is 11.3. The fraction of sp³-hybridized carbons (Fsp3) is 0.462. The summed E-state index contributed by atoms with van der Waals surface area (Å²) in [6.07, 6.45) is 5.09. The second-order valence-electron chi connectivity index (χ2n) is 4.06. The highest BCUT2D eigenvalue weighted by Gasteiger charge is 2.09. The van der Waals surface area contributed by atoms with Crippen LogP contribution in [0.15, 0.2) is 24.5 Å². The molecule has 0 N–H and O–H groups in total. The van der Waals surface area contributed by atoms with E-state index in [1.165, 1.54) is 11.8 Å². The molecule has 0 aliphatic heterocycles. The number of likely N-dealkylation sites (N-methyl/N-ethyl adjacent to an activating group) is 1. The van der Waals surface area contributed by atoms with E-state index in [-0.39, 0.29) is 18.4 Å². The molecule has 1 heterocycles. The van der Waals surface area contributed by atoms with Crippen molar-refractivity contribution >= 4 is 11.9 Å². The fourth-order valence-corrected chi connectivity index (χ4v) is 1.36. The van der Waals surface area contributed by atoms with Crippen LogP contribution in [-0.2, 0) is 20.7 Å². The molecule has 5 heteroatoms. The Hall–Kier alpha value is -1.91. The summed E-state index contributed by atoms with van der Waals surface area (Å²) in [6, 6.07) is 3.86. The molecule has 1 aromatic heterocycles. The van der Waals surface area contributed by atoms with Gasteiger partial charge >= 0.3 is 5.97 Å². The Labute approximate surface area is 107 Å². The zero-order valence-corrected chi connectivity index (χ0v) is 10.8. The zero-order valence-electron chi connectivity index (χ0n) is 10.8. The number of pyridine rings is 1.